The molecule has 3 heterocycles. The summed E-state index contributed by atoms with van der Waals surface area (Å²) in [6.07, 6.45) is 4.14. The zero-order valence-electron chi connectivity index (χ0n) is 15.6. The molecule has 10 heteroatoms. The molecule has 29 heavy (non-hydrogen) atoms. The topological polar surface area (TPSA) is 71.6 Å². The Morgan fingerprint density at radius 1 is 1.28 bits per heavy atom. The van der Waals surface area contributed by atoms with Gasteiger partial charge < -0.3 is 4.42 Å². The third kappa shape index (κ3) is 4.53. The standard InChI is InChI=1S/C19H17ClN4O2S3/c1-11(28-19-22-21-18(27-2)29-19)17(25)24-15(16-4-3-9-26-16)10-14(23-24)12-5-7-13(20)8-6-12/h3-9,11,15H,10H2,1-2H3. The Morgan fingerprint density at radius 2 is 2.03 bits per heavy atom. The van der Waals surface area contributed by atoms with E-state index in [0.717, 1.165) is 20.0 Å². The predicted octanol–water partition coefficient (Wildman–Crippen LogP) is 5.36. The van der Waals surface area contributed by atoms with E-state index in [-0.39, 0.29) is 17.2 Å². The van der Waals surface area contributed by atoms with Crippen molar-refractivity contribution in [1.82, 2.24) is 15.2 Å². The van der Waals surface area contributed by atoms with E-state index in [9.17, 15) is 4.79 Å². The lowest BCUT2D eigenvalue weighted by Gasteiger charge is -2.22. The molecule has 6 nitrogen and oxygen atoms in total. The number of halogens is 1. The van der Waals surface area contributed by atoms with Crippen molar-refractivity contribution in [3.05, 3.63) is 59.0 Å². The molecule has 1 aromatic carbocycles. The van der Waals surface area contributed by atoms with E-state index in [0.29, 0.717) is 17.2 Å². The second kappa shape index (κ2) is 8.91. The van der Waals surface area contributed by atoms with Gasteiger partial charge in [0.05, 0.1) is 17.2 Å². The van der Waals surface area contributed by atoms with Crippen LogP contribution in [0.5, 0.6) is 0 Å². The van der Waals surface area contributed by atoms with Crippen LogP contribution in [0.1, 0.15) is 30.7 Å². The van der Waals surface area contributed by atoms with E-state index in [1.54, 1.807) is 18.0 Å². The highest BCUT2D eigenvalue weighted by atomic mass is 35.5. The van der Waals surface area contributed by atoms with Gasteiger partial charge in [-0.1, -0.05) is 58.6 Å². The summed E-state index contributed by atoms with van der Waals surface area (Å²) in [4.78, 5) is 13.2. The fraction of sp³-hybridized carbons (Fsp3) is 0.263. The Labute approximate surface area is 185 Å². The maximum atomic E-state index is 13.2. The zero-order valence-corrected chi connectivity index (χ0v) is 18.8. The van der Waals surface area contributed by atoms with Crippen molar-refractivity contribution < 1.29 is 9.21 Å². The Morgan fingerprint density at radius 3 is 2.69 bits per heavy atom. The van der Waals surface area contributed by atoms with Crippen LogP contribution in [0.3, 0.4) is 0 Å². The zero-order chi connectivity index (χ0) is 20.4. The Balaban J connectivity index is 1.58. The van der Waals surface area contributed by atoms with Crippen molar-refractivity contribution in [3.8, 4) is 0 Å². The molecule has 0 fully saturated rings. The Hall–Kier alpha value is -1.81. The second-order valence-electron chi connectivity index (χ2n) is 6.27. The van der Waals surface area contributed by atoms with Gasteiger partial charge in [-0.25, -0.2) is 5.01 Å². The Kier molecular flexibility index (Phi) is 6.29. The number of hydrogen-bond acceptors (Lipinski definition) is 8. The minimum Gasteiger partial charge on any atom is -0.467 e. The summed E-state index contributed by atoms with van der Waals surface area (Å²) in [6.45, 7) is 1.86. The van der Waals surface area contributed by atoms with Crippen molar-refractivity contribution in [1.29, 1.82) is 0 Å². The van der Waals surface area contributed by atoms with Crippen LogP contribution in [-0.2, 0) is 4.79 Å². The number of thioether (sulfide) groups is 2. The number of hydrazone groups is 1. The third-order valence-corrected chi connectivity index (χ3v) is 7.70. The van der Waals surface area contributed by atoms with Crippen LogP contribution in [0.25, 0.3) is 0 Å². The summed E-state index contributed by atoms with van der Waals surface area (Å²) < 4.78 is 7.25. The summed E-state index contributed by atoms with van der Waals surface area (Å²) in [5, 5.41) is 14.7. The van der Waals surface area contributed by atoms with Crippen molar-refractivity contribution in [3.63, 3.8) is 0 Å². The largest absolute Gasteiger partial charge is 0.467 e. The first kappa shape index (κ1) is 20.5. The lowest BCUT2D eigenvalue weighted by Crippen LogP contribution is -2.33. The molecular weight excluding hydrogens is 448 g/mol. The molecule has 2 aromatic heterocycles. The van der Waals surface area contributed by atoms with Crippen LogP contribution in [-0.4, -0.2) is 38.3 Å². The van der Waals surface area contributed by atoms with Gasteiger partial charge in [-0.3, -0.25) is 4.79 Å². The first-order chi connectivity index (χ1) is 14.0. The average Bonchev–Trinajstić information content (AvgIpc) is 3.47. The summed E-state index contributed by atoms with van der Waals surface area (Å²) in [5.41, 5.74) is 1.77. The number of carbonyl (C=O) groups excluding carboxylic acids is 1. The molecule has 1 aliphatic rings. The molecule has 0 spiro atoms. The number of hydrogen-bond donors (Lipinski definition) is 0. The van der Waals surface area contributed by atoms with Gasteiger partial charge in [-0.2, -0.15) is 5.10 Å². The number of nitrogens with zero attached hydrogens (tertiary/aromatic N) is 4. The molecule has 4 rings (SSSR count). The molecule has 0 radical (unpaired) electrons. The van der Waals surface area contributed by atoms with E-state index >= 15 is 0 Å². The minimum atomic E-state index is -0.358. The summed E-state index contributed by atoms with van der Waals surface area (Å²) in [5.74, 6) is 0.616. The highest BCUT2D eigenvalue weighted by Crippen LogP contribution is 2.37. The van der Waals surface area contributed by atoms with Crippen LogP contribution in [0, 0.1) is 0 Å². The first-order valence-electron chi connectivity index (χ1n) is 8.79. The molecule has 0 aliphatic carbocycles. The number of furan rings is 1. The SMILES string of the molecule is CSc1nnc(SC(C)C(=O)N2N=C(c3ccc(Cl)cc3)CC2c2ccco2)s1. The van der Waals surface area contributed by atoms with E-state index in [4.69, 9.17) is 16.0 Å². The molecule has 0 saturated heterocycles. The molecular formula is C19H17ClN4O2S3. The molecule has 3 aromatic rings. The normalized spacial score (nSPS) is 17.4. The van der Waals surface area contributed by atoms with Gasteiger partial charge in [0.2, 0.25) is 0 Å². The fourth-order valence-corrected chi connectivity index (χ4v) is 5.70. The van der Waals surface area contributed by atoms with Gasteiger partial charge in [-0.05, 0) is 43.0 Å². The van der Waals surface area contributed by atoms with Crippen molar-refractivity contribution in [2.24, 2.45) is 5.10 Å². The molecule has 0 saturated carbocycles. The van der Waals surface area contributed by atoms with E-state index < -0.39 is 0 Å². The number of benzene rings is 1. The van der Waals surface area contributed by atoms with E-state index in [1.807, 2.05) is 49.6 Å². The third-order valence-electron chi connectivity index (χ3n) is 4.37. The van der Waals surface area contributed by atoms with Crippen LogP contribution in [0.4, 0.5) is 0 Å². The van der Waals surface area contributed by atoms with Crippen molar-refractivity contribution >= 4 is 58.1 Å². The predicted molar refractivity (Wildman–Crippen MR) is 118 cm³/mol. The van der Waals surface area contributed by atoms with Crippen LogP contribution in [0.15, 0.2) is 60.9 Å². The summed E-state index contributed by atoms with van der Waals surface area (Å²) in [6, 6.07) is 10.9. The van der Waals surface area contributed by atoms with Gasteiger partial charge in [0.1, 0.15) is 11.8 Å². The maximum Gasteiger partial charge on any atom is 0.256 e. The van der Waals surface area contributed by atoms with Crippen LogP contribution >= 0.6 is 46.5 Å². The quantitative estimate of drug-likeness (QED) is 0.457. The molecule has 1 aliphatic heterocycles. The molecule has 0 bridgehead atoms. The van der Waals surface area contributed by atoms with Crippen LogP contribution < -0.4 is 0 Å². The van der Waals surface area contributed by atoms with Gasteiger partial charge in [0.25, 0.3) is 5.91 Å². The van der Waals surface area contributed by atoms with Crippen molar-refractivity contribution in [2.45, 2.75) is 33.3 Å². The monoisotopic (exact) mass is 464 g/mol. The van der Waals surface area contributed by atoms with Crippen molar-refractivity contribution in [2.75, 3.05) is 6.26 Å². The van der Waals surface area contributed by atoms with Crippen LogP contribution in [0.2, 0.25) is 5.02 Å². The van der Waals surface area contributed by atoms with E-state index in [1.165, 1.54) is 28.1 Å². The fourth-order valence-electron chi connectivity index (χ4n) is 2.95. The Bertz CT molecular complexity index is 1020. The number of rotatable bonds is 6. The smallest absolute Gasteiger partial charge is 0.256 e. The van der Waals surface area contributed by atoms with Gasteiger partial charge in [0, 0.05) is 11.4 Å². The number of amides is 1. The molecule has 150 valence electrons. The molecule has 2 unspecified atom stereocenters. The number of aromatic nitrogens is 2. The highest BCUT2D eigenvalue weighted by molar-refractivity contribution is 8.03. The first-order valence-corrected chi connectivity index (χ1v) is 12.1. The minimum absolute atomic E-state index is 0.0961. The molecule has 2 atom stereocenters. The van der Waals surface area contributed by atoms with E-state index in [2.05, 4.69) is 15.3 Å². The highest BCUT2D eigenvalue weighted by Gasteiger charge is 2.37. The molecule has 1 amide bonds. The van der Waals surface area contributed by atoms with Gasteiger partial charge in [0.15, 0.2) is 8.68 Å². The van der Waals surface area contributed by atoms with Gasteiger partial charge >= 0.3 is 0 Å². The average molecular weight is 465 g/mol. The maximum absolute atomic E-state index is 13.2. The summed E-state index contributed by atoms with van der Waals surface area (Å²) in [7, 11) is 0. The lowest BCUT2D eigenvalue weighted by molar-refractivity contribution is -0.132. The lowest BCUT2D eigenvalue weighted by atomic mass is 10.0. The van der Waals surface area contributed by atoms with Gasteiger partial charge in [-0.15, -0.1) is 10.2 Å². The molecule has 0 N–H and O–H groups in total. The second-order valence-corrected chi connectivity index (χ2v) is 10.3. The number of carbonyl (C=O) groups is 1. The summed E-state index contributed by atoms with van der Waals surface area (Å²) >= 11 is 10.4.